The van der Waals surface area contributed by atoms with Crippen LogP contribution in [0.15, 0.2) is 60.7 Å². The first-order valence-corrected chi connectivity index (χ1v) is 7.20. The normalized spacial score (nSPS) is 10.0. The Hall–Kier alpha value is -2.82. The third-order valence-corrected chi connectivity index (χ3v) is 2.93. The number of hydrogen-bond acceptors (Lipinski definition) is 3. The molecule has 0 aliphatic rings. The summed E-state index contributed by atoms with van der Waals surface area (Å²) in [5, 5.41) is 5.71. The fourth-order valence-corrected chi connectivity index (χ4v) is 1.84. The first kappa shape index (κ1) is 16.5. The van der Waals surface area contributed by atoms with E-state index in [9.17, 15) is 9.18 Å². The molecule has 0 saturated heterocycles. The predicted molar refractivity (Wildman–Crippen MR) is 90.3 cm³/mol. The molecule has 0 bridgehead atoms. The van der Waals surface area contributed by atoms with Crippen LogP contribution in [-0.4, -0.2) is 19.1 Å². The maximum atomic E-state index is 12.8. The molecule has 0 fully saturated rings. The monoisotopic (exact) mass is 314 g/mol. The highest BCUT2D eigenvalue weighted by molar-refractivity contribution is 5.95. The molecule has 0 heterocycles. The zero-order valence-electron chi connectivity index (χ0n) is 12.9. The lowest BCUT2D eigenvalue weighted by molar-refractivity contribution is -0.114. The van der Waals surface area contributed by atoms with Crippen molar-refractivity contribution in [1.82, 2.24) is 0 Å². The summed E-state index contributed by atoms with van der Waals surface area (Å²) in [4.78, 5) is 12.0. The summed E-state index contributed by atoms with van der Waals surface area (Å²) >= 11 is 0. The van der Waals surface area contributed by atoms with E-state index in [-0.39, 0.29) is 18.3 Å². The SMILES string of the molecule is C=C(C)COc1ccccc1NC(=O)CNc1ccc(F)cc1. The van der Waals surface area contributed by atoms with Gasteiger partial charge in [-0.15, -0.1) is 0 Å². The maximum Gasteiger partial charge on any atom is 0.243 e. The van der Waals surface area contributed by atoms with Gasteiger partial charge in [0.25, 0.3) is 0 Å². The van der Waals surface area contributed by atoms with Crippen molar-refractivity contribution in [3.8, 4) is 5.75 Å². The van der Waals surface area contributed by atoms with Gasteiger partial charge >= 0.3 is 0 Å². The molecule has 23 heavy (non-hydrogen) atoms. The van der Waals surface area contributed by atoms with E-state index in [1.807, 2.05) is 19.1 Å². The minimum absolute atomic E-state index is 0.0699. The summed E-state index contributed by atoms with van der Waals surface area (Å²) in [7, 11) is 0. The van der Waals surface area contributed by atoms with E-state index in [0.717, 1.165) is 5.57 Å². The molecule has 0 aliphatic carbocycles. The molecule has 0 aromatic heterocycles. The van der Waals surface area contributed by atoms with Crippen molar-refractivity contribution in [2.45, 2.75) is 6.92 Å². The molecule has 0 saturated carbocycles. The van der Waals surface area contributed by atoms with Crippen molar-refractivity contribution in [2.24, 2.45) is 0 Å². The average Bonchev–Trinajstić information content (AvgIpc) is 2.53. The minimum Gasteiger partial charge on any atom is -0.487 e. The molecule has 0 radical (unpaired) electrons. The van der Waals surface area contributed by atoms with Crippen LogP contribution in [0.5, 0.6) is 5.75 Å². The minimum atomic E-state index is -0.316. The van der Waals surface area contributed by atoms with Gasteiger partial charge < -0.3 is 15.4 Å². The number of carbonyl (C=O) groups excluding carboxylic acids is 1. The lowest BCUT2D eigenvalue weighted by Crippen LogP contribution is -2.22. The first-order valence-electron chi connectivity index (χ1n) is 7.20. The van der Waals surface area contributed by atoms with Crippen molar-refractivity contribution >= 4 is 17.3 Å². The topological polar surface area (TPSA) is 50.4 Å². The van der Waals surface area contributed by atoms with Crippen LogP contribution in [-0.2, 0) is 4.79 Å². The van der Waals surface area contributed by atoms with Gasteiger partial charge in [0.1, 0.15) is 18.2 Å². The van der Waals surface area contributed by atoms with Crippen molar-refractivity contribution in [3.63, 3.8) is 0 Å². The maximum absolute atomic E-state index is 12.8. The number of ether oxygens (including phenoxy) is 1. The average molecular weight is 314 g/mol. The Morgan fingerprint density at radius 1 is 1.17 bits per heavy atom. The summed E-state index contributed by atoms with van der Waals surface area (Å²) in [5.74, 6) is 0.0509. The van der Waals surface area contributed by atoms with Gasteiger partial charge in [0.05, 0.1) is 12.2 Å². The van der Waals surface area contributed by atoms with E-state index in [1.54, 1.807) is 24.3 Å². The zero-order valence-corrected chi connectivity index (χ0v) is 12.9. The molecule has 5 heteroatoms. The second-order valence-electron chi connectivity index (χ2n) is 5.15. The van der Waals surface area contributed by atoms with Crippen molar-refractivity contribution in [2.75, 3.05) is 23.8 Å². The van der Waals surface area contributed by atoms with Crippen LogP contribution in [0.1, 0.15) is 6.92 Å². The Labute approximate surface area is 135 Å². The van der Waals surface area contributed by atoms with Crippen LogP contribution in [0.3, 0.4) is 0 Å². The van der Waals surface area contributed by atoms with Gasteiger partial charge in [-0.2, -0.15) is 0 Å². The first-order chi connectivity index (χ1) is 11.0. The van der Waals surface area contributed by atoms with Crippen molar-refractivity contribution < 1.29 is 13.9 Å². The van der Waals surface area contributed by atoms with Crippen LogP contribution >= 0.6 is 0 Å². The highest BCUT2D eigenvalue weighted by Gasteiger charge is 2.07. The number of halogens is 1. The van der Waals surface area contributed by atoms with Crippen molar-refractivity contribution in [3.05, 3.63) is 66.5 Å². The summed E-state index contributed by atoms with van der Waals surface area (Å²) in [6, 6.07) is 13.0. The molecule has 2 aromatic carbocycles. The number of anilines is 2. The van der Waals surface area contributed by atoms with E-state index in [1.165, 1.54) is 12.1 Å². The van der Waals surface area contributed by atoms with Gasteiger partial charge in [0.2, 0.25) is 5.91 Å². The Bertz CT molecular complexity index is 684. The van der Waals surface area contributed by atoms with Crippen LogP contribution in [0.4, 0.5) is 15.8 Å². The molecule has 0 atom stereocenters. The summed E-state index contributed by atoms with van der Waals surface area (Å²) in [6.45, 7) is 6.11. The largest absolute Gasteiger partial charge is 0.487 e. The Balaban J connectivity index is 1.92. The lowest BCUT2D eigenvalue weighted by Gasteiger charge is -2.13. The molecular weight excluding hydrogens is 295 g/mol. The molecular formula is C18H19FN2O2. The van der Waals surface area contributed by atoms with Gasteiger partial charge in [-0.3, -0.25) is 4.79 Å². The number of para-hydroxylation sites is 2. The molecule has 2 rings (SSSR count). The number of amides is 1. The quantitative estimate of drug-likeness (QED) is 0.764. The Kier molecular flexibility index (Phi) is 5.74. The number of hydrogen-bond donors (Lipinski definition) is 2. The molecule has 0 spiro atoms. The predicted octanol–water partition coefficient (Wildman–Crippen LogP) is 3.83. The van der Waals surface area contributed by atoms with Gasteiger partial charge in [0, 0.05) is 5.69 Å². The zero-order chi connectivity index (χ0) is 16.7. The van der Waals surface area contributed by atoms with Gasteiger partial charge in [-0.05, 0) is 48.9 Å². The van der Waals surface area contributed by atoms with E-state index >= 15 is 0 Å². The third kappa shape index (κ3) is 5.47. The molecule has 1 amide bonds. The fourth-order valence-electron chi connectivity index (χ4n) is 1.84. The van der Waals surface area contributed by atoms with E-state index in [0.29, 0.717) is 23.7 Å². The summed E-state index contributed by atoms with van der Waals surface area (Å²) in [5.41, 5.74) is 2.16. The standard InChI is InChI=1S/C18H19FN2O2/c1-13(2)12-23-17-6-4-3-5-16(17)21-18(22)11-20-15-9-7-14(19)8-10-15/h3-10,20H,1,11-12H2,2H3,(H,21,22). The van der Waals surface area contributed by atoms with E-state index < -0.39 is 0 Å². The van der Waals surface area contributed by atoms with Crippen LogP contribution in [0.25, 0.3) is 0 Å². The van der Waals surface area contributed by atoms with E-state index in [2.05, 4.69) is 17.2 Å². The highest BCUT2D eigenvalue weighted by Crippen LogP contribution is 2.24. The number of rotatable bonds is 7. The smallest absolute Gasteiger partial charge is 0.243 e. The molecule has 120 valence electrons. The van der Waals surface area contributed by atoms with E-state index in [4.69, 9.17) is 4.74 Å². The number of carbonyl (C=O) groups is 1. The van der Waals surface area contributed by atoms with Crippen molar-refractivity contribution in [1.29, 1.82) is 0 Å². The van der Waals surface area contributed by atoms with Gasteiger partial charge in [0.15, 0.2) is 0 Å². The Morgan fingerprint density at radius 2 is 1.87 bits per heavy atom. The second kappa shape index (κ2) is 7.98. The van der Waals surface area contributed by atoms with Crippen LogP contribution < -0.4 is 15.4 Å². The van der Waals surface area contributed by atoms with Crippen LogP contribution in [0.2, 0.25) is 0 Å². The number of benzene rings is 2. The molecule has 2 N–H and O–H groups in total. The molecule has 4 nitrogen and oxygen atoms in total. The highest BCUT2D eigenvalue weighted by atomic mass is 19.1. The van der Waals surface area contributed by atoms with Gasteiger partial charge in [-0.25, -0.2) is 4.39 Å². The lowest BCUT2D eigenvalue weighted by atomic mass is 10.2. The fraction of sp³-hybridized carbons (Fsp3) is 0.167. The van der Waals surface area contributed by atoms with Crippen LogP contribution in [0, 0.1) is 5.82 Å². The molecule has 0 aliphatic heterocycles. The third-order valence-electron chi connectivity index (χ3n) is 2.93. The molecule has 0 unspecified atom stereocenters. The molecule has 2 aromatic rings. The van der Waals surface area contributed by atoms with Gasteiger partial charge in [-0.1, -0.05) is 18.7 Å². The second-order valence-corrected chi connectivity index (χ2v) is 5.15. The summed E-state index contributed by atoms with van der Waals surface area (Å²) < 4.78 is 18.4. The number of nitrogens with one attached hydrogen (secondary N) is 2. The Morgan fingerprint density at radius 3 is 2.57 bits per heavy atom. The summed E-state index contributed by atoms with van der Waals surface area (Å²) in [6.07, 6.45) is 0.